The van der Waals surface area contributed by atoms with Gasteiger partial charge in [0.25, 0.3) is 0 Å². The fourth-order valence-electron chi connectivity index (χ4n) is 2.94. The first-order valence-electron chi connectivity index (χ1n) is 9.12. The highest BCUT2D eigenvalue weighted by atomic mass is 14.5. The second-order valence-electron chi connectivity index (χ2n) is 6.26. The molecule has 0 amide bonds. The van der Waals surface area contributed by atoms with Crippen LogP contribution >= 0.6 is 0 Å². The maximum absolute atomic E-state index is 5.78. The fourth-order valence-corrected chi connectivity index (χ4v) is 2.94. The molecule has 0 spiro atoms. The van der Waals surface area contributed by atoms with E-state index in [4.69, 9.17) is 5.73 Å². The van der Waals surface area contributed by atoms with E-state index in [1.54, 1.807) is 0 Å². The molecule has 0 aliphatic rings. The lowest BCUT2D eigenvalue weighted by molar-refractivity contribution is 0.607. The molecular weight excluding hydrogens is 254 g/mol. The molecular formula is C20H35N. The predicted octanol–water partition coefficient (Wildman–Crippen LogP) is 5.43. The smallest absolute Gasteiger partial charge is 0.00366 e. The van der Waals surface area contributed by atoms with Gasteiger partial charge in [0.15, 0.2) is 0 Å². The number of hydrogen-bond donors (Lipinski definition) is 1. The molecule has 0 atom stereocenters. The van der Waals surface area contributed by atoms with E-state index in [1.807, 2.05) is 0 Å². The van der Waals surface area contributed by atoms with E-state index in [1.165, 1.54) is 80.9 Å². The summed E-state index contributed by atoms with van der Waals surface area (Å²) in [5.74, 6) is 0. The molecule has 0 unspecified atom stereocenters. The van der Waals surface area contributed by atoms with Crippen LogP contribution in [0.1, 0.15) is 81.9 Å². The van der Waals surface area contributed by atoms with Crippen LogP contribution in [0.3, 0.4) is 0 Å². The van der Waals surface area contributed by atoms with Gasteiger partial charge in [0.1, 0.15) is 0 Å². The molecule has 2 N–H and O–H groups in total. The maximum Gasteiger partial charge on any atom is -0.00366 e. The quantitative estimate of drug-likeness (QED) is 0.510. The summed E-state index contributed by atoms with van der Waals surface area (Å²) >= 11 is 0. The monoisotopic (exact) mass is 289 g/mol. The summed E-state index contributed by atoms with van der Waals surface area (Å²) in [7, 11) is 0. The van der Waals surface area contributed by atoms with E-state index < -0.39 is 0 Å². The Morgan fingerprint density at radius 1 is 0.714 bits per heavy atom. The largest absolute Gasteiger partial charge is 0.330 e. The molecule has 21 heavy (non-hydrogen) atoms. The van der Waals surface area contributed by atoms with Gasteiger partial charge >= 0.3 is 0 Å². The molecule has 1 rings (SSSR count). The average Bonchev–Trinajstić information content (AvgIpc) is 2.50. The van der Waals surface area contributed by atoms with Crippen LogP contribution in [0.2, 0.25) is 0 Å². The Kier molecular flexibility index (Phi) is 10.2. The van der Waals surface area contributed by atoms with Gasteiger partial charge in [-0.05, 0) is 55.3 Å². The Morgan fingerprint density at radius 3 is 2.14 bits per heavy atom. The SMILES string of the molecule is CCCCCCCCc1ccc(CCCC)c(CCN)c1. The lowest BCUT2D eigenvalue weighted by atomic mass is 9.95. The van der Waals surface area contributed by atoms with Crippen molar-refractivity contribution in [2.24, 2.45) is 5.73 Å². The minimum Gasteiger partial charge on any atom is -0.330 e. The lowest BCUT2D eigenvalue weighted by Crippen LogP contribution is -2.06. The molecule has 0 radical (unpaired) electrons. The van der Waals surface area contributed by atoms with Crippen LogP contribution in [-0.2, 0) is 19.3 Å². The summed E-state index contributed by atoms with van der Waals surface area (Å²) in [6, 6.07) is 7.12. The van der Waals surface area contributed by atoms with Crippen molar-refractivity contribution in [3.8, 4) is 0 Å². The Bertz CT molecular complexity index is 370. The van der Waals surface area contributed by atoms with Gasteiger partial charge in [-0.15, -0.1) is 0 Å². The fraction of sp³-hybridized carbons (Fsp3) is 0.700. The second kappa shape index (κ2) is 11.8. The minimum absolute atomic E-state index is 0.763. The number of nitrogens with two attached hydrogens (primary N) is 1. The Labute approximate surface area is 132 Å². The number of rotatable bonds is 12. The summed E-state index contributed by atoms with van der Waals surface area (Å²) in [4.78, 5) is 0. The molecule has 1 nitrogen and oxygen atoms in total. The van der Waals surface area contributed by atoms with Gasteiger partial charge in [0, 0.05) is 0 Å². The highest BCUT2D eigenvalue weighted by Crippen LogP contribution is 2.17. The van der Waals surface area contributed by atoms with E-state index in [9.17, 15) is 0 Å². The topological polar surface area (TPSA) is 26.0 Å². The standard InChI is InChI=1S/C20H35N/c1-3-5-7-8-9-10-11-18-13-14-19(12-6-4-2)20(17-18)15-16-21/h13-14,17H,3-12,15-16,21H2,1-2H3. The van der Waals surface area contributed by atoms with E-state index in [0.29, 0.717) is 0 Å². The van der Waals surface area contributed by atoms with Crippen LogP contribution in [0, 0.1) is 0 Å². The molecule has 0 bridgehead atoms. The maximum atomic E-state index is 5.78. The molecule has 0 saturated heterocycles. The van der Waals surface area contributed by atoms with Gasteiger partial charge in [0.05, 0.1) is 0 Å². The molecule has 0 aliphatic heterocycles. The molecule has 1 heteroatoms. The van der Waals surface area contributed by atoms with Gasteiger partial charge in [-0.2, -0.15) is 0 Å². The van der Waals surface area contributed by atoms with Gasteiger partial charge in [-0.25, -0.2) is 0 Å². The van der Waals surface area contributed by atoms with Gasteiger partial charge < -0.3 is 5.73 Å². The third-order valence-electron chi connectivity index (χ3n) is 4.30. The predicted molar refractivity (Wildman–Crippen MR) is 94.9 cm³/mol. The lowest BCUT2D eigenvalue weighted by Gasteiger charge is -2.11. The highest BCUT2D eigenvalue weighted by Gasteiger charge is 2.04. The second-order valence-corrected chi connectivity index (χ2v) is 6.26. The van der Waals surface area contributed by atoms with Crippen molar-refractivity contribution in [1.82, 2.24) is 0 Å². The van der Waals surface area contributed by atoms with Crippen LogP contribution in [0.25, 0.3) is 0 Å². The first kappa shape index (κ1) is 18.2. The minimum atomic E-state index is 0.763. The number of unbranched alkanes of at least 4 members (excludes halogenated alkanes) is 6. The van der Waals surface area contributed by atoms with Gasteiger partial charge in [-0.3, -0.25) is 0 Å². The molecule has 120 valence electrons. The number of hydrogen-bond acceptors (Lipinski definition) is 1. The normalized spacial score (nSPS) is 11.0. The molecule has 1 aromatic rings. The average molecular weight is 290 g/mol. The summed E-state index contributed by atoms with van der Waals surface area (Å²) in [6.45, 7) is 5.30. The molecule has 1 aromatic carbocycles. The van der Waals surface area contributed by atoms with Gasteiger partial charge in [0.2, 0.25) is 0 Å². The zero-order valence-electron chi connectivity index (χ0n) is 14.3. The van der Waals surface area contributed by atoms with Crippen molar-refractivity contribution in [1.29, 1.82) is 0 Å². The van der Waals surface area contributed by atoms with Crippen LogP contribution in [0.5, 0.6) is 0 Å². The number of benzene rings is 1. The highest BCUT2D eigenvalue weighted by molar-refractivity contribution is 5.32. The first-order chi connectivity index (χ1) is 10.3. The van der Waals surface area contributed by atoms with Crippen molar-refractivity contribution in [3.05, 3.63) is 34.9 Å². The van der Waals surface area contributed by atoms with Gasteiger partial charge in [-0.1, -0.05) is 70.6 Å². The van der Waals surface area contributed by atoms with Crippen LogP contribution in [0.4, 0.5) is 0 Å². The number of aryl methyl sites for hydroxylation is 2. The Morgan fingerprint density at radius 2 is 1.43 bits per heavy atom. The van der Waals surface area contributed by atoms with Crippen LogP contribution in [-0.4, -0.2) is 6.54 Å². The molecule has 0 saturated carbocycles. The molecule has 0 fully saturated rings. The summed E-state index contributed by atoms with van der Waals surface area (Å²) < 4.78 is 0. The van der Waals surface area contributed by atoms with Crippen LogP contribution in [0.15, 0.2) is 18.2 Å². The molecule has 0 aromatic heterocycles. The van der Waals surface area contributed by atoms with Crippen LogP contribution < -0.4 is 5.73 Å². The van der Waals surface area contributed by atoms with E-state index in [2.05, 4.69) is 32.0 Å². The first-order valence-corrected chi connectivity index (χ1v) is 9.12. The van der Waals surface area contributed by atoms with Crippen molar-refractivity contribution >= 4 is 0 Å². The van der Waals surface area contributed by atoms with E-state index >= 15 is 0 Å². The zero-order chi connectivity index (χ0) is 15.3. The van der Waals surface area contributed by atoms with E-state index in [-0.39, 0.29) is 0 Å². The van der Waals surface area contributed by atoms with E-state index in [0.717, 1.165) is 13.0 Å². The molecule has 0 aliphatic carbocycles. The molecule has 0 heterocycles. The Hall–Kier alpha value is -0.820. The summed E-state index contributed by atoms with van der Waals surface area (Å²) in [5, 5.41) is 0. The Balaban J connectivity index is 2.45. The third kappa shape index (κ3) is 7.66. The summed E-state index contributed by atoms with van der Waals surface area (Å²) in [6.07, 6.45) is 14.3. The third-order valence-corrected chi connectivity index (χ3v) is 4.30. The van der Waals surface area contributed by atoms with Crippen molar-refractivity contribution < 1.29 is 0 Å². The van der Waals surface area contributed by atoms with Crippen molar-refractivity contribution in [2.75, 3.05) is 6.54 Å². The van der Waals surface area contributed by atoms with Crippen molar-refractivity contribution in [3.63, 3.8) is 0 Å². The van der Waals surface area contributed by atoms with Crippen molar-refractivity contribution in [2.45, 2.75) is 84.5 Å². The summed E-state index contributed by atoms with van der Waals surface area (Å²) in [5.41, 5.74) is 10.3. The zero-order valence-corrected chi connectivity index (χ0v) is 14.3.